The summed E-state index contributed by atoms with van der Waals surface area (Å²) in [4.78, 5) is 2.50. The predicted octanol–water partition coefficient (Wildman–Crippen LogP) is 2.15. The quantitative estimate of drug-likeness (QED) is 0.494. The maximum Gasteiger partial charge on any atom is 0.0511 e. The Balaban J connectivity index is 2.04. The molecule has 0 amide bonds. The first-order chi connectivity index (χ1) is 4.88. The van der Waals surface area contributed by atoms with E-state index in [0.717, 1.165) is 6.04 Å². The Bertz CT molecular complexity index is 160. The van der Waals surface area contributed by atoms with Crippen molar-refractivity contribution >= 4 is 0 Å². The fraction of sp³-hybridized carbons (Fsp3) is 0.778. The zero-order chi connectivity index (χ0) is 6.97. The first-order valence-electron chi connectivity index (χ1n) is 4.32. The molecule has 56 valence electrons. The lowest BCUT2D eigenvalue weighted by atomic mass is 9.98. The largest absolute Gasteiger partial charge is 0.371 e. The van der Waals surface area contributed by atoms with E-state index in [9.17, 15) is 0 Å². The molecule has 10 heavy (non-hydrogen) atoms. The van der Waals surface area contributed by atoms with E-state index >= 15 is 0 Å². The average molecular weight is 137 g/mol. The number of rotatable bonds is 0. The highest BCUT2D eigenvalue weighted by Gasteiger charge is 2.26. The fourth-order valence-electron chi connectivity index (χ4n) is 2.04. The van der Waals surface area contributed by atoms with Crippen molar-refractivity contribution in [3.05, 3.63) is 11.8 Å². The molecule has 2 aliphatic heterocycles. The molecule has 0 bridgehead atoms. The molecule has 0 aromatic rings. The van der Waals surface area contributed by atoms with Crippen molar-refractivity contribution < 1.29 is 0 Å². The molecular weight excluding hydrogens is 122 g/mol. The minimum Gasteiger partial charge on any atom is -0.371 e. The number of hydrogen-bond acceptors (Lipinski definition) is 1. The van der Waals surface area contributed by atoms with Gasteiger partial charge in [0.05, 0.1) is 6.04 Å². The van der Waals surface area contributed by atoms with Crippen molar-refractivity contribution in [2.24, 2.45) is 0 Å². The Kier molecular flexibility index (Phi) is 1.44. The lowest BCUT2D eigenvalue weighted by molar-refractivity contribution is 0.262. The van der Waals surface area contributed by atoms with Gasteiger partial charge in [0.2, 0.25) is 0 Å². The molecule has 1 atom stereocenters. The summed E-state index contributed by atoms with van der Waals surface area (Å²) < 4.78 is 0. The van der Waals surface area contributed by atoms with Crippen LogP contribution in [0.1, 0.15) is 32.6 Å². The molecule has 0 aromatic carbocycles. The zero-order valence-electron chi connectivity index (χ0n) is 6.64. The molecular formula is C9H15N. The summed E-state index contributed by atoms with van der Waals surface area (Å²) >= 11 is 0. The highest BCUT2D eigenvalue weighted by atomic mass is 15.2. The van der Waals surface area contributed by atoms with Gasteiger partial charge in [-0.05, 0) is 25.3 Å². The van der Waals surface area contributed by atoms with Crippen LogP contribution in [-0.4, -0.2) is 17.5 Å². The molecule has 2 heterocycles. The van der Waals surface area contributed by atoms with Gasteiger partial charge in [-0.2, -0.15) is 0 Å². The summed E-state index contributed by atoms with van der Waals surface area (Å²) in [6.07, 6.45) is 8.00. The molecule has 0 aromatic heterocycles. The van der Waals surface area contributed by atoms with Gasteiger partial charge >= 0.3 is 0 Å². The smallest absolute Gasteiger partial charge is 0.0511 e. The van der Waals surface area contributed by atoms with Crippen LogP contribution in [0.2, 0.25) is 0 Å². The molecule has 0 radical (unpaired) electrons. The maximum absolute atomic E-state index is 2.50. The highest BCUT2D eigenvalue weighted by Crippen LogP contribution is 2.29. The van der Waals surface area contributed by atoms with Gasteiger partial charge in [-0.25, -0.2) is 0 Å². The van der Waals surface area contributed by atoms with E-state index in [-0.39, 0.29) is 0 Å². The SMILES string of the molecule is CC1=CN2CCCCCC12. The van der Waals surface area contributed by atoms with Crippen LogP contribution in [0.25, 0.3) is 0 Å². The normalized spacial score (nSPS) is 31.9. The highest BCUT2D eigenvalue weighted by molar-refractivity contribution is 5.19. The number of fused-ring (bicyclic) bond motifs is 1. The topological polar surface area (TPSA) is 3.24 Å². The van der Waals surface area contributed by atoms with Crippen LogP contribution < -0.4 is 0 Å². The van der Waals surface area contributed by atoms with Crippen LogP contribution in [-0.2, 0) is 0 Å². The van der Waals surface area contributed by atoms with Crippen LogP contribution in [0.5, 0.6) is 0 Å². The minimum atomic E-state index is 0.836. The van der Waals surface area contributed by atoms with Gasteiger partial charge in [-0.1, -0.05) is 12.8 Å². The predicted molar refractivity (Wildman–Crippen MR) is 42.7 cm³/mol. The zero-order valence-corrected chi connectivity index (χ0v) is 6.64. The van der Waals surface area contributed by atoms with E-state index in [4.69, 9.17) is 0 Å². The van der Waals surface area contributed by atoms with Gasteiger partial charge in [0.1, 0.15) is 0 Å². The van der Waals surface area contributed by atoms with Gasteiger partial charge in [0, 0.05) is 12.7 Å². The van der Waals surface area contributed by atoms with Crippen molar-refractivity contribution in [2.45, 2.75) is 38.6 Å². The van der Waals surface area contributed by atoms with Gasteiger partial charge in [0.25, 0.3) is 0 Å². The summed E-state index contributed by atoms with van der Waals surface area (Å²) in [5.41, 5.74) is 1.60. The lowest BCUT2D eigenvalue weighted by Gasteiger charge is -2.38. The van der Waals surface area contributed by atoms with Gasteiger partial charge in [-0.15, -0.1) is 0 Å². The molecule has 1 nitrogen and oxygen atoms in total. The molecule has 0 aliphatic carbocycles. The van der Waals surface area contributed by atoms with Crippen molar-refractivity contribution in [3.63, 3.8) is 0 Å². The first kappa shape index (κ1) is 6.26. The fourth-order valence-corrected chi connectivity index (χ4v) is 2.04. The van der Waals surface area contributed by atoms with Gasteiger partial charge in [0.15, 0.2) is 0 Å². The Morgan fingerprint density at radius 3 is 3.10 bits per heavy atom. The Hall–Kier alpha value is -0.460. The minimum absolute atomic E-state index is 0.836. The van der Waals surface area contributed by atoms with E-state index in [1.165, 1.54) is 32.2 Å². The van der Waals surface area contributed by atoms with E-state index in [0.29, 0.717) is 0 Å². The van der Waals surface area contributed by atoms with Crippen molar-refractivity contribution in [2.75, 3.05) is 6.54 Å². The second-order valence-corrected chi connectivity index (χ2v) is 3.48. The average Bonchev–Trinajstić information content (AvgIpc) is 2.09. The number of nitrogens with zero attached hydrogens (tertiary/aromatic N) is 1. The second kappa shape index (κ2) is 2.30. The van der Waals surface area contributed by atoms with Crippen LogP contribution in [0.4, 0.5) is 0 Å². The third-order valence-electron chi connectivity index (χ3n) is 2.69. The Labute approximate surface area is 62.7 Å². The molecule has 1 saturated heterocycles. The summed E-state index contributed by atoms with van der Waals surface area (Å²) in [5, 5.41) is 0. The molecule has 1 unspecified atom stereocenters. The second-order valence-electron chi connectivity index (χ2n) is 3.48. The van der Waals surface area contributed by atoms with E-state index in [2.05, 4.69) is 18.0 Å². The summed E-state index contributed by atoms with van der Waals surface area (Å²) in [6, 6.07) is 0.836. The molecule has 1 heteroatoms. The molecule has 0 saturated carbocycles. The van der Waals surface area contributed by atoms with E-state index < -0.39 is 0 Å². The van der Waals surface area contributed by atoms with Gasteiger partial charge in [-0.3, -0.25) is 0 Å². The van der Waals surface area contributed by atoms with Crippen molar-refractivity contribution in [1.82, 2.24) is 4.90 Å². The summed E-state index contributed by atoms with van der Waals surface area (Å²) in [7, 11) is 0. The molecule has 0 spiro atoms. The molecule has 0 N–H and O–H groups in total. The third-order valence-corrected chi connectivity index (χ3v) is 2.69. The first-order valence-corrected chi connectivity index (χ1v) is 4.32. The number of hydrogen-bond donors (Lipinski definition) is 0. The van der Waals surface area contributed by atoms with Crippen LogP contribution >= 0.6 is 0 Å². The van der Waals surface area contributed by atoms with Crippen LogP contribution in [0.3, 0.4) is 0 Å². The lowest BCUT2D eigenvalue weighted by Crippen LogP contribution is -2.39. The third kappa shape index (κ3) is 0.845. The standard InChI is InChI=1S/C9H15N/c1-8-7-10-6-4-2-3-5-9(8)10/h7,9H,2-6H2,1H3. The van der Waals surface area contributed by atoms with E-state index in [1.54, 1.807) is 5.57 Å². The molecule has 2 rings (SSSR count). The Morgan fingerprint density at radius 2 is 2.30 bits per heavy atom. The maximum atomic E-state index is 2.50. The summed E-state index contributed by atoms with van der Waals surface area (Å²) in [5.74, 6) is 0. The summed E-state index contributed by atoms with van der Waals surface area (Å²) in [6.45, 7) is 3.56. The van der Waals surface area contributed by atoms with Crippen LogP contribution in [0.15, 0.2) is 11.8 Å². The van der Waals surface area contributed by atoms with Crippen molar-refractivity contribution in [3.8, 4) is 0 Å². The van der Waals surface area contributed by atoms with E-state index in [1.807, 2.05) is 0 Å². The Morgan fingerprint density at radius 1 is 1.40 bits per heavy atom. The van der Waals surface area contributed by atoms with Gasteiger partial charge < -0.3 is 4.90 Å². The molecule has 2 aliphatic rings. The molecule has 1 fully saturated rings. The monoisotopic (exact) mass is 137 g/mol. The van der Waals surface area contributed by atoms with Crippen molar-refractivity contribution in [1.29, 1.82) is 0 Å². The van der Waals surface area contributed by atoms with Crippen LogP contribution in [0, 0.1) is 0 Å².